The Hall–Kier alpha value is -2.00. The van der Waals surface area contributed by atoms with Gasteiger partial charge in [0.2, 0.25) is 5.95 Å². The highest BCUT2D eigenvalue weighted by atomic mass is 32.2. The molecule has 1 aromatic heterocycles. The Balaban J connectivity index is 2.22. The van der Waals surface area contributed by atoms with Crippen molar-refractivity contribution in [2.24, 2.45) is 0 Å². The van der Waals surface area contributed by atoms with Gasteiger partial charge in [0.25, 0.3) is 0 Å². The largest absolute Gasteiger partial charge is 0.352 e. The number of rotatable bonds is 5. The van der Waals surface area contributed by atoms with Gasteiger partial charge in [-0.25, -0.2) is 9.97 Å². The van der Waals surface area contributed by atoms with Crippen LogP contribution in [0.2, 0.25) is 0 Å². The molecule has 2 N–H and O–H groups in total. The molecule has 0 aromatic carbocycles. The van der Waals surface area contributed by atoms with Crippen molar-refractivity contribution in [1.29, 1.82) is 5.26 Å². The van der Waals surface area contributed by atoms with E-state index >= 15 is 0 Å². The summed E-state index contributed by atoms with van der Waals surface area (Å²) in [6.45, 7) is 6.21. The standard InChI is InChI=1S/C15H19N5S/c1-4-5-10(2)19-15-17-7-6-13(20-15)12(8-16)14-18-11(3)9-21-14/h6-7,9-10,18H,4-5H2,1-3H3,(H,17,19,20)/b14-12-. The Morgan fingerprint density at radius 1 is 1.57 bits per heavy atom. The molecule has 2 rings (SSSR count). The second-order valence-electron chi connectivity index (χ2n) is 4.96. The van der Waals surface area contributed by atoms with Gasteiger partial charge in [0, 0.05) is 17.9 Å². The summed E-state index contributed by atoms with van der Waals surface area (Å²) >= 11 is 1.51. The minimum Gasteiger partial charge on any atom is -0.352 e. The lowest BCUT2D eigenvalue weighted by Crippen LogP contribution is -2.17. The molecule has 1 atom stereocenters. The molecule has 0 radical (unpaired) electrons. The molecule has 0 bridgehead atoms. The van der Waals surface area contributed by atoms with Crippen molar-refractivity contribution in [3.8, 4) is 6.07 Å². The van der Waals surface area contributed by atoms with Gasteiger partial charge in [-0.3, -0.25) is 0 Å². The molecule has 0 fully saturated rings. The van der Waals surface area contributed by atoms with Gasteiger partial charge in [0.1, 0.15) is 11.6 Å². The Morgan fingerprint density at radius 3 is 3.00 bits per heavy atom. The Morgan fingerprint density at radius 2 is 2.38 bits per heavy atom. The average Bonchev–Trinajstić information content (AvgIpc) is 2.87. The fourth-order valence-corrected chi connectivity index (χ4v) is 2.87. The summed E-state index contributed by atoms with van der Waals surface area (Å²) < 4.78 is 0. The van der Waals surface area contributed by atoms with E-state index in [9.17, 15) is 5.26 Å². The van der Waals surface area contributed by atoms with E-state index in [1.165, 1.54) is 11.8 Å². The van der Waals surface area contributed by atoms with Crippen molar-refractivity contribution >= 4 is 23.3 Å². The number of allylic oxidation sites excluding steroid dienone is 2. The lowest BCUT2D eigenvalue weighted by molar-refractivity contribution is 0.683. The van der Waals surface area contributed by atoms with Gasteiger partial charge in [-0.2, -0.15) is 5.26 Å². The number of aromatic nitrogens is 2. The molecule has 1 aliphatic rings. The van der Waals surface area contributed by atoms with Crippen LogP contribution in [0.3, 0.4) is 0 Å². The van der Waals surface area contributed by atoms with Crippen LogP contribution in [0.1, 0.15) is 39.3 Å². The predicted molar refractivity (Wildman–Crippen MR) is 87.0 cm³/mol. The summed E-state index contributed by atoms with van der Waals surface area (Å²) in [6, 6.07) is 4.30. The van der Waals surface area contributed by atoms with Gasteiger partial charge >= 0.3 is 0 Å². The van der Waals surface area contributed by atoms with E-state index < -0.39 is 0 Å². The zero-order valence-electron chi connectivity index (χ0n) is 12.5. The monoisotopic (exact) mass is 301 g/mol. The van der Waals surface area contributed by atoms with Crippen LogP contribution >= 0.6 is 11.8 Å². The molecule has 1 aromatic rings. The highest BCUT2D eigenvalue weighted by Crippen LogP contribution is 2.30. The topological polar surface area (TPSA) is 73.6 Å². The summed E-state index contributed by atoms with van der Waals surface area (Å²) in [4.78, 5) is 8.68. The minimum atomic E-state index is 0.311. The summed E-state index contributed by atoms with van der Waals surface area (Å²) in [5.41, 5.74) is 2.21. The van der Waals surface area contributed by atoms with Crippen LogP contribution in [0.25, 0.3) is 5.57 Å². The van der Waals surface area contributed by atoms with E-state index in [1.807, 2.05) is 12.3 Å². The molecule has 0 aliphatic carbocycles. The highest BCUT2D eigenvalue weighted by molar-refractivity contribution is 8.06. The Labute approximate surface area is 129 Å². The van der Waals surface area contributed by atoms with Crippen LogP contribution in [-0.2, 0) is 0 Å². The van der Waals surface area contributed by atoms with E-state index in [0.29, 0.717) is 23.3 Å². The quantitative estimate of drug-likeness (QED) is 0.811. The maximum Gasteiger partial charge on any atom is 0.223 e. The molecular weight excluding hydrogens is 282 g/mol. The maximum atomic E-state index is 9.42. The SMILES string of the molecule is CCCC(C)Nc1nccc(/C(C#N)=C2/NC(C)=CS2)n1. The van der Waals surface area contributed by atoms with Crippen molar-refractivity contribution in [2.75, 3.05) is 5.32 Å². The number of thioether (sulfide) groups is 1. The van der Waals surface area contributed by atoms with Crippen molar-refractivity contribution in [1.82, 2.24) is 15.3 Å². The molecule has 110 valence electrons. The first kappa shape index (κ1) is 15.4. The van der Waals surface area contributed by atoms with Gasteiger partial charge < -0.3 is 10.6 Å². The molecule has 21 heavy (non-hydrogen) atoms. The predicted octanol–water partition coefficient (Wildman–Crippen LogP) is 3.47. The van der Waals surface area contributed by atoms with Crippen LogP contribution in [0.5, 0.6) is 0 Å². The third kappa shape index (κ3) is 3.99. The number of anilines is 1. The third-order valence-corrected chi connectivity index (χ3v) is 4.03. The molecule has 1 aliphatic heterocycles. The van der Waals surface area contributed by atoms with Gasteiger partial charge in [-0.15, -0.1) is 0 Å². The first-order valence-electron chi connectivity index (χ1n) is 6.98. The van der Waals surface area contributed by atoms with Gasteiger partial charge in [0.15, 0.2) is 0 Å². The summed E-state index contributed by atoms with van der Waals surface area (Å²) in [5.74, 6) is 0.564. The van der Waals surface area contributed by atoms with Crippen LogP contribution in [0.4, 0.5) is 5.95 Å². The number of nitrogens with zero attached hydrogens (tertiary/aromatic N) is 3. The number of nitriles is 1. The molecule has 5 nitrogen and oxygen atoms in total. The highest BCUT2D eigenvalue weighted by Gasteiger charge is 2.16. The van der Waals surface area contributed by atoms with Crippen LogP contribution < -0.4 is 10.6 Å². The minimum absolute atomic E-state index is 0.311. The molecule has 2 heterocycles. The smallest absolute Gasteiger partial charge is 0.223 e. The van der Waals surface area contributed by atoms with E-state index in [-0.39, 0.29) is 0 Å². The zero-order chi connectivity index (χ0) is 15.2. The Kier molecular flexibility index (Phi) is 5.23. The van der Waals surface area contributed by atoms with E-state index in [4.69, 9.17) is 0 Å². The van der Waals surface area contributed by atoms with Crippen molar-refractivity contribution in [3.05, 3.63) is 34.1 Å². The number of hydrogen-bond donors (Lipinski definition) is 2. The normalized spacial score (nSPS) is 17.5. The molecule has 0 amide bonds. The molecule has 1 unspecified atom stereocenters. The maximum absolute atomic E-state index is 9.42. The average molecular weight is 301 g/mol. The van der Waals surface area contributed by atoms with E-state index in [0.717, 1.165) is 23.6 Å². The summed E-state index contributed by atoms with van der Waals surface area (Å²) in [6.07, 6.45) is 3.84. The number of nitrogens with one attached hydrogen (secondary N) is 2. The molecule has 6 heteroatoms. The van der Waals surface area contributed by atoms with E-state index in [2.05, 4.69) is 40.5 Å². The lowest BCUT2D eigenvalue weighted by Gasteiger charge is -2.13. The van der Waals surface area contributed by atoms with Gasteiger partial charge in [-0.05, 0) is 31.7 Å². The fraction of sp³-hybridized carbons (Fsp3) is 0.400. The van der Waals surface area contributed by atoms with Gasteiger partial charge in [0.05, 0.1) is 10.7 Å². The molecular formula is C15H19N5S. The summed E-state index contributed by atoms with van der Waals surface area (Å²) in [5, 5.41) is 18.7. The second-order valence-corrected chi connectivity index (χ2v) is 5.84. The lowest BCUT2D eigenvalue weighted by atomic mass is 10.2. The summed E-state index contributed by atoms with van der Waals surface area (Å²) in [7, 11) is 0. The molecule has 0 spiro atoms. The van der Waals surface area contributed by atoms with Crippen LogP contribution in [0, 0.1) is 11.3 Å². The third-order valence-electron chi connectivity index (χ3n) is 3.01. The first-order valence-corrected chi connectivity index (χ1v) is 7.86. The van der Waals surface area contributed by atoms with Crippen LogP contribution in [0.15, 0.2) is 28.4 Å². The van der Waals surface area contributed by atoms with Gasteiger partial charge in [-0.1, -0.05) is 25.1 Å². The Bertz CT molecular complexity index is 615. The number of hydrogen-bond acceptors (Lipinski definition) is 6. The second kappa shape index (κ2) is 7.14. The van der Waals surface area contributed by atoms with Crippen molar-refractivity contribution in [2.45, 2.75) is 39.7 Å². The first-order chi connectivity index (χ1) is 10.1. The van der Waals surface area contributed by atoms with Crippen molar-refractivity contribution < 1.29 is 0 Å². The molecule has 0 saturated heterocycles. The van der Waals surface area contributed by atoms with Crippen molar-refractivity contribution in [3.63, 3.8) is 0 Å². The fourth-order valence-electron chi connectivity index (χ4n) is 2.02. The molecule has 0 saturated carbocycles. The zero-order valence-corrected chi connectivity index (χ0v) is 13.3. The van der Waals surface area contributed by atoms with E-state index in [1.54, 1.807) is 12.3 Å². The van der Waals surface area contributed by atoms with Crippen LogP contribution in [-0.4, -0.2) is 16.0 Å².